The van der Waals surface area contributed by atoms with E-state index in [1.54, 1.807) is 12.1 Å². The topological polar surface area (TPSA) is 57.6 Å². The highest BCUT2D eigenvalue weighted by Crippen LogP contribution is 2.20. The fourth-order valence-electron chi connectivity index (χ4n) is 2.44. The minimum atomic E-state index is -0.793. The van der Waals surface area contributed by atoms with E-state index in [0.717, 1.165) is 19.4 Å². The molecule has 0 spiro atoms. The van der Waals surface area contributed by atoms with E-state index in [1.165, 1.54) is 0 Å². The molecule has 0 amide bonds. The summed E-state index contributed by atoms with van der Waals surface area (Å²) < 4.78 is 0. The quantitative estimate of drug-likeness (QED) is 0.806. The first-order valence-electron chi connectivity index (χ1n) is 6.21. The molecule has 1 heterocycles. The Kier molecular flexibility index (Phi) is 4.10. The van der Waals surface area contributed by atoms with Crippen LogP contribution in [0.4, 0.5) is 0 Å². The Balaban J connectivity index is 1.96. The number of aliphatic carboxylic acids is 1. The van der Waals surface area contributed by atoms with Crippen molar-refractivity contribution in [2.75, 3.05) is 13.1 Å². The molecule has 1 saturated heterocycles. The van der Waals surface area contributed by atoms with Crippen molar-refractivity contribution in [3.63, 3.8) is 0 Å². The van der Waals surface area contributed by atoms with Crippen molar-refractivity contribution in [2.45, 2.75) is 25.3 Å². The first-order chi connectivity index (χ1) is 8.66. The van der Waals surface area contributed by atoms with Gasteiger partial charge in [0.1, 0.15) is 0 Å². The molecule has 1 aliphatic rings. The van der Waals surface area contributed by atoms with E-state index in [4.69, 9.17) is 5.11 Å². The van der Waals surface area contributed by atoms with Crippen molar-refractivity contribution in [2.24, 2.45) is 0 Å². The van der Waals surface area contributed by atoms with Crippen LogP contribution in [-0.2, 0) is 4.79 Å². The third-order valence-corrected chi connectivity index (χ3v) is 3.35. The molecule has 1 fully saturated rings. The summed E-state index contributed by atoms with van der Waals surface area (Å²) in [6.07, 6.45) is 1.97. The molecule has 0 aliphatic carbocycles. The van der Waals surface area contributed by atoms with Crippen molar-refractivity contribution in [3.05, 3.63) is 35.9 Å². The van der Waals surface area contributed by atoms with Crippen LogP contribution in [0.25, 0.3) is 0 Å². The Morgan fingerprint density at radius 1 is 1.28 bits per heavy atom. The maximum absolute atomic E-state index is 12.0. The van der Waals surface area contributed by atoms with Crippen LogP contribution in [0.15, 0.2) is 30.3 Å². The predicted molar refractivity (Wildman–Crippen MR) is 67.6 cm³/mol. The molecule has 1 unspecified atom stereocenters. The fraction of sp³-hybridized carbons (Fsp3) is 0.429. The highest BCUT2D eigenvalue weighted by Gasteiger charge is 2.28. The number of nitrogens with zero attached hydrogens (tertiary/aromatic N) is 1. The fourth-order valence-corrected chi connectivity index (χ4v) is 2.44. The summed E-state index contributed by atoms with van der Waals surface area (Å²) in [5.41, 5.74) is 0.693. The van der Waals surface area contributed by atoms with Gasteiger partial charge in [-0.1, -0.05) is 30.3 Å². The number of hydrogen-bond donors (Lipinski definition) is 1. The molecule has 0 radical (unpaired) electrons. The number of carboxylic acid groups (broad SMARTS) is 1. The van der Waals surface area contributed by atoms with Gasteiger partial charge in [0, 0.05) is 11.6 Å². The van der Waals surface area contributed by atoms with Gasteiger partial charge in [0.15, 0.2) is 5.78 Å². The Labute approximate surface area is 106 Å². The standard InChI is InChI=1S/C14H17NO3/c16-13(11-5-2-1-3-6-11)10-15-8-4-7-12(15)9-14(17)18/h1-3,5-6,12H,4,7-10H2,(H,17,18). The van der Waals surface area contributed by atoms with Crippen molar-refractivity contribution >= 4 is 11.8 Å². The Bertz CT molecular complexity index is 430. The second-order valence-corrected chi connectivity index (χ2v) is 4.65. The number of Topliss-reactive ketones (excluding diaryl/α,β-unsaturated/α-hetero) is 1. The normalized spacial score (nSPS) is 19.9. The van der Waals surface area contributed by atoms with Gasteiger partial charge < -0.3 is 5.11 Å². The second-order valence-electron chi connectivity index (χ2n) is 4.65. The van der Waals surface area contributed by atoms with Crippen LogP contribution < -0.4 is 0 Å². The largest absolute Gasteiger partial charge is 0.481 e. The zero-order chi connectivity index (χ0) is 13.0. The summed E-state index contributed by atoms with van der Waals surface area (Å²) in [5, 5.41) is 8.83. The van der Waals surface area contributed by atoms with Crippen LogP contribution in [0.1, 0.15) is 29.6 Å². The van der Waals surface area contributed by atoms with E-state index < -0.39 is 5.97 Å². The molecule has 0 bridgehead atoms. The molecule has 1 N–H and O–H groups in total. The van der Waals surface area contributed by atoms with E-state index in [9.17, 15) is 9.59 Å². The maximum atomic E-state index is 12.0. The molecule has 4 heteroatoms. The van der Waals surface area contributed by atoms with E-state index in [0.29, 0.717) is 12.1 Å². The second kappa shape index (κ2) is 5.78. The van der Waals surface area contributed by atoms with Crippen LogP contribution in [0.2, 0.25) is 0 Å². The van der Waals surface area contributed by atoms with Crippen molar-refractivity contribution in [3.8, 4) is 0 Å². The van der Waals surface area contributed by atoms with Gasteiger partial charge in [-0.3, -0.25) is 14.5 Å². The van der Waals surface area contributed by atoms with Crippen LogP contribution in [0.5, 0.6) is 0 Å². The molecular weight excluding hydrogens is 230 g/mol. The lowest BCUT2D eigenvalue weighted by molar-refractivity contribution is -0.138. The van der Waals surface area contributed by atoms with Crippen LogP contribution in [-0.4, -0.2) is 40.9 Å². The number of hydrogen-bond acceptors (Lipinski definition) is 3. The summed E-state index contributed by atoms with van der Waals surface area (Å²) in [6.45, 7) is 1.14. The molecule has 1 atom stereocenters. The van der Waals surface area contributed by atoms with Gasteiger partial charge in [0.05, 0.1) is 13.0 Å². The number of likely N-dealkylation sites (tertiary alicyclic amines) is 1. The van der Waals surface area contributed by atoms with Crippen LogP contribution in [0.3, 0.4) is 0 Å². The smallest absolute Gasteiger partial charge is 0.304 e. The lowest BCUT2D eigenvalue weighted by Gasteiger charge is -2.22. The molecule has 2 rings (SSSR count). The van der Waals surface area contributed by atoms with E-state index >= 15 is 0 Å². The van der Waals surface area contributed by atoms with Crippen molar-refractivity contribution in [1.29, 1.82) is 0 Å². The third-order valence-electron chi connectivity index (χ3n) is 3.35. The molecule has 1 aromatic rings. The van der Waals surface area contributed by atoms with Gasteiger partial charge in [0.2, 0.25) is 0 Å². The van der Waals surface area contributed by atoms with Gasteiger partial charge >= 0.3 is 5.97 Å². The summed E-state index contributed by atoms with van der Waals surface area (Å²) >= 11 is 0. The molecule has 96 valence electrons. The first-order valence-corrected chi connectivity index (χ1v) is 6.21. The maximum Gasteiger partial charge on any atom is 0.304 e. The average Bonchev–Trinajstić information content (AvgIpc) is 2.77. The van der Waals surface area contributed by atoms with Gasteiger partial charge in [0.25, 0.3) is 0 Å². The average molecular weight is 247 g/mol. The molecule has 0 saturated carbocycles. The van der Waals surface area contributed by atoms with E-state index in [-0.39, 0.29) is 18.2 Å². The number of rotatable bonds is 5. The van der Waals surface area contributed by atoms with Crippen molar-refractivity contribution in [1.82, 2.24) is 4.90 Å². The molecule has 4 nitrogen and oxygen atoms in total. The van der Waals surface area contributed by atoms with Crippen LogP contribution >= 0.6 is 0 Å². The van der Waals surface area contributed by atoms with E-state index in [2.05, 4.69) is 0 Å². The monoisotopic (exact) mass is 247 g/mol. The predicted octanol–water partition coefficient (Wildman–Crippen LogP) is 1.81. The van der Waals surface area contributed by atoms with Gasteiger partial charge in [-0.2, -0.15) is 0 Å². The summed E-state index contributed by atoms with van der Waals surface area (Å²) in [4.78, 5) is 24.8. The number of benzene rings is 1. The zero-order valence-electron chi connectivity index (χ0n) is 10.2. The molecule has 0 aromatic heterocycles. The minimum absolute atomic E-state index is 0.00941. The zero-order valence-corrected chi connectivity index (χ0v) is 10.2. The lowest BCUT2D eigenvalue weighted by atomic mass is 10.1. The molecule has 18 heavy (non-hydrogen) atoms. The molecule has 1 aromatic carbocycles. The number of carboxylic acids is 1. The number of carbonyl (C=O) groups is 2. The number of ketones is 1. The SMILES string of the molecule is O=C(O)CC1CCCN1CC(=O)c1ccccc1. The van der Waals surface area contributed by atoms with Gasteiger partial charge in [-0.15, -0.1) is 0 Å². The minimum Gasteiger partial charge on any atom is -0.481 e. The van der Waals surface area contributed by atoms with Gasteiger partial charge in [-0.05, 0) is 19.4 Å². The number of carbonyl (C=O) groups excluding carboxylic acids is 1. The Hall–Kier alpha value is -1.68. The summed E-state index contributed by atoms with van der Waals surface area (Å²) in [5.74, 6) is -0.730. The first kappa shape index (κ1) is 12.8. The molecule has 1 aliphatic heterocycles. The Morgan fingerprint density at radius 3 is 2.67 bits per heavy atom. The third kappa shape index (κ3) is 3.17. The van der Waals surface area contributed by atoms with Gasteiger partial charge in [-0.25, -0.2) is 0 Å². The highest BCUT2D eigenvalue weighted by molar-refractivity contribution is 5.97. The highest BCUT2D eigenvalue weighted by atomic mass is 16.4. The molecular formula is C14H17NO3. The lowest BCUT2D eigenvalue weighted by Crippen LogP contribution is -2.35. The summed E-state index contributed by atoms with van der Waals surface area (Å²) in [6, 6.07) is 9.16. The Morgan fingerprint density at radius 2 is 2.00 bits per heavy atom. The van der Waals surface area contributed by atoms with E-state index in [1.807, 2.05) is 23.1 Å². The summed E-state index contributed by atoms with van der Waals surface area (Å²) in [7, 11) is 0. The van der Waals surface area contributed by atoms with Crippen molar-refractivity contribution < 1.29 is 14.7 Å². The van der Waals surface area contributed by atoms with Crippen LogP contribution in [0, 0.1) is 0 Å².